The Kier molecular flexibility index (Phi) is 3.86. The second-order valence-electron chi connectivity index (χ2n) is 1.41. The average molecular weight is 300 g/mol. The predicted molar refractivity (Wildman–Crippen MR) is 36.6 cm³/mol. The van der Waals surface area contributed by atoms with Gasteiger partial charge in [0.05, 0.1) is 0 Å². The molecule has 2 N–H and O–H groups in total. The number of para-hydroxylation sites is 1. The molecule has 0 spiro atoms. The Balaban J connectivity index is 0.000000490. The van der Waals surface area contributed by atoms with Crippen LogP contribution in [0.15, 0.2) is 30.3 Å². The second-order valence-corrected chi connectivity index (χ2v) is 1.41. The van der Waals surface area contributed by atoms with Gasteiger partial charge in [0.1, 0.15) is 0 Å². The number of anilines is 1. The quantitative estimate of drug-likeness (QED) is 0.559. The molecule has 40 valence electrons. The van der Waals surface area contributed by atoms with Gasteiger partial charge in [0.15, 0.2) is 0 Å². The Bertz CT molecular complexity index is 138. The van der Waals surface area contributed by atoms with Crippen LogP contribution >= 0.6 is 0 Å². The molecule has 1 aromatic carbocycles. The summed E-state index contributed by atoms with van der Waals surface area (Å²) >= 11 is 0. The van der Waals surface area contributed by atoms with Crippen molar-refractivity contribution in [2.24, 2.45) is 0 Å². The molecule has 0 aromatic heterocycles. The fourth-order valence-electron chi connectivity index (χ4n) is 0.453. The zero-order valence-corrected chi connectivity index (χ0v) is 8.35. The summed E-state index contributed by atoms with van der Waals surface area (Å²) in [6.07, 6.45) is 0. The van der Waals surface area contributed by atoms with E-state index in [0.717, 1.165) is 5.69 Å². The second kappa shape index (κ2) is 3.89. The Morgan fingerprint density at radius 2 is 1.50 bits per heavy atom. The van der Waals surface area contributed by atoms with E-state index in [0.29, 0.717) is 0 Å². The van der Waals surface area contributed by atoms with Crippen LogP contribution in [0.25, 0.3) is 0 Å². The number of hydrogen-bond acceptors (Lipinski definition) is 1. The summed E-state index contributed by atoms with van der Waals surface area (Å²) < 4.78 is 0. The van der Waals surface area contributed by atoms with Crippen LogP contribution in [0, 0.1) is 0 Å². The fraction of sp³-hybridized carbons (Fsp3) is 0. The molecule has 0 amide bonds. The van der Waals surface area contributed by atoms with Crippen LogP contribution in [0.4, 0.5) is 5.69 Å². The standard InChI is InChI=1S/C6H7N.Pb/c7-6-4-2-1-3-5-6;/h1-5H,7H2;. The molecule has 4 radical (unpaired) electrons. The molecule has 0 heterocycles. The van der Waals surface area contributed by atoms with E-state index in [1.54, 1.807) is 0 Å². The minimum absolute atomic E-state index is 0. The summed E-state index contributed by atoms with van der Waals surface area (Å²) in [5.74, 6) is 0. The maximum atomic E-state index is 5.36. The molecule has 1 aromatic rings. The molecule has 0 saturated heterocycles. The van der Waals surface area contributed by atoms with Crippen molar-refractivity contribution < 1.29 is 0 Å². The fourth-order valence-corrected chi connectivity index (χ4v) is 0.453. The van der Waals surface area contributed by atoms with Crippen LogP contribution in [0.5, 0.6) is 0 Å². The molecular formula is C6H7NPb. The molecule has 8 heavy (non-hydrogen) atoms. The maximum absolute atomic E-state index is 5.36. The van der Waals surface area contributed by atoms with Crippen molar-refractivity contribution in [1.82, 2.24) is 0 Å². The zero-order valence-electron chi connectivity index (χ0n) is 4.46. The summed E-state index contributed by atoms with van der Waals surface area (Å²) in [6.45, 7) is 0. The van der Waals surface area contributed by atoms with Gasteiger partial charge in [-0.3, -0.25) is 0 Å². The Morgan fingerprint density at radius 3 is 1.75 bits per heavy atom. The van der Waals surface area contributed by atoms with Gasteiger partial charge in [-0.25, -0.2) is 0 Å². The van der Waals surface area contributed by atoms with Crippen molar-refractivity contribution in [3.8, 4) is 0 Å². The van der Waals surface area contributed by atoms with Crippen molar-refractivity contribution >= 4 is 33.0 Å². The van der Waals surface area contributed by atoms with Crippen LogP contribution < -0.4 is 5.73 Å². The molecule has 0 bridgehead atoms. The summed E-state index contributed by atoms with van der Waals surface area (Å²) in [5.41, 5.74) is 6.18. The molecule has 0 aliphatic rings. The van der Waals surface area contributed by atoms with Crippen LogP contribution in [0.3, 0.4) is 0 Å². The number of rotatable bonds is 0. The van der Waals surface area contributed by atoms with Crippen molar-refractivity contribution in [3.05, 3.63) is 30.3 Å². The van der Waals surface area contributed by atoms with Gasteiger partial charge in [0.2, 0.25) is 0 Å². The van der Waals surface area contributed by atoms with Crippen LogP contribution in [0.2, 0.25) is 0 Å². The first kappa shape index (κ1) is 7.94. The van der Waals surface area contributed by atoms with Gasteiger partial charge in [-0.1, -0.05) is 18.2 Å². The van der Waals surface area contributed by atoms with Gasteiger partial charge in [0.25, 0.3) is 0 Å². The normalized spacial score (nSPS) is 7.50. The third kappa shape index (κ3) is 2.30. The first-order valence-electron chi connectivity index (χ1n) is 2.20. The summed E-state index contributed by atoms with van der Waals surface area (Å²) in [4.78, 5) is 0. The van der Waals surface area contributed by atoms with Crippen LogP contribution in [-0.2, 0) is 0 Å². The third-order valence-electron chi connectivity index (χ3n) is 0.800. The molecule has 0 aliphatic heterocycles. The first-order chi connectivity index (χ1) is 3.39. The number of hydrogen-bond donors (Lipinski definition) is 1. The molecule has 0 unspecified atom stereocenters. The van der Waals surface area contributed by atoms with Gasteiger partial charge < -0.3 is 5.73 Å². The van der Waals surface area contributed by atoms with Gasteiger partial charge in [-0.05, 0) is 12.1 Å². The molecular weight excluding hydrogens is 293 g/mol. The number of nitrogens with two attached hydrogens (primary N) is 1. The van der Waals surface area contributed by atoms with Crippen molar-refractivity contribution in [1.29, 1.82) is 0 Å². The molecule has 0 fully saturated rings. The van der Waals surface area contributed by atoms with E-state index in [9.17, 15) is 0 Å². The summed E-state index contributed by atoms with van der Waals surface area (Å²) in [7, 11) is 0. The minimum atomic E-state index is 0. The van der Waals surface area contributed by atoms with E-state index >= 15 is 0 Å². The molecule has 1 nitrogen and oxygen atoms in total. The van der Waals surface area contributed by atoms with E-state index in [4.69, 9.17) is 5.73 Å². The van der Waals surface area contributed by atoms with Gasteiger partial charge >= 0.3 is 0 Å². The number of nitrogen functional groups attached to an aromatic ring is 1. The van der Waals surface area contributed by atoms with Gasteiger partial charge in [-0.2, -0.15) is 0 Å². The van der Waals surface area contributed by atoms with E-state index < -0.39 is 0 Å². The van der Waals surface area contributed by atoms with Crippen LogP contribution in [-0.4, -0.2) is 27.3 Å². The molecule has 0 atom stereocenters. The van der Waals surface area contributed by atoms with E-state index in [-0.39, 0.29) is 27.3 Å². The Labute approximate surface area is 69.1 Å². The SMILES string of the molecule is Nc1ccccc1.[Pb]. The van der Waals surface area contributed by atoms with E-state index in [2.05, 4.69) is 0 Å². The van der Waals surface area contributed by atoms with Gasteiger partial charge in [-0.15, -0.1) is 0 Å². The average Bonchev–Trinajstić information content (AvgIpc) is 1.69. The molecule has 1 rings (SSSR count). The third-order valence-corrected chi connectivity index (χ3v) is 0.800. The smallest absolute Gasteiger partial charge is 0.0313 e. The topological polar surface area (TPSA) is 26.0 Å². The first-order valence-corrected chi connectivity index (χ1v) is 2.20. The maximum Gasteiger partial charge on any atom is 0.0313 e. The largest absolute Gasteiger partial charge is 0.399 e. The van der Waals surface area contributed by atoms with Gasteiger partial charge in [0, 0.05) is 33.0 Å². The Hall–Kier alpha value is -0.0579. The Morgan fingerprint density at radius 1 is 1.00 bits per heavy atom. The van der Waals surface area contributed by atoms with E-state index in [1.807, 2.05) is 30.3 Å². The predicted octanol–water partition coefficient (Wildman–Crippen LogP) is 0.888. The summed E-state index contributed by atoms with van der Waals surface area (Å²) in [6, 6.07) is 9.49. The van der Waals surface area contributed by atoms with Crippen molar-refractivity contribution in [2.45, 2.75) is 0 Å². The monoisotopic (exact) mass is 301 g/mol. The molecule has 0 saturated carbocycles. The van der Waals surface area contributed by atoms with Crippen molar-refractivity contribution in [3.63, 3.8) is 0 Å². The minimum Gasteiger partial charge on any atom is -0.399 e. The number of benzene rings is 1. The molecule has 2 heteroatoms. The summed E-state index contributed by atoms with van der Waals surface area (Å²) in [5, 5.41) is 0. The zero-order chi connectivity index (χ0) is 5.11. The van der Waals surface area contributed by atoms with Crippen LogP contribution in [0.1, 0.15) is 0 Å². The molecule has 0 aliphatic carbocycles. The van der Waals surface area contributed by atoms with E-state index in [1.165, 1.54) is 0 Å². The van der Waals surface area contributed by atoms with Crippen molar-refractivity contribution in [2.75, 3.05) is 5.73 Å².